The summed E-state index contributed by atoms with van der Waals surface area (Å²) in [6.45, 7) is 0. The van der Waals surface area contributed by atoms with E-state index in [1.165, 1.54) is 10.8 Å². The van der Waals surface area contributed by atoms with Gasteiger partial charge in [-0.15, -0.1) is 0 Å². The molecule has 0 atom stereocenters. The first-order chi connectivity index (χ1) is 18.8. The molecule has 0 N–H and O–H groups in total. The van der Waals surface area contributed by atoms with Crippen LogP contribution >= 0.6 is 0 Å². The molecule has 0 saturated heterocycles. The smallest absolute Gasteiger partial charge is 0.159 e. The fourth-order valence-electron chi connectivity index (χ4n) is 5.45. The van der Waals surface area contributed by atoms with Crippen molar-refractivity contribution in [2.45, 2.75) is 0 Å². The van der Waals surface area contributed by atoms with E-state index in [1.54, 1.807) is 24.8 Å². The van der Waals surface area contributed by atoms with Gasteiger partial charge in [-0.3, -0.25) is 0 Å². The number of nitrogens with zero attached hydrogens (tertiary/aromatic N) is 5. The van der Waals surface area contributed by atoms with E-state index in [9.17, 15) is 0 Å². The van der Waals surface area contributed by atoms with Gasteiger partial charge in [-0.1, -0.05) is 36.4 Å². The molecule has 0 spiro atoms. The van der Waals surface area contributed by atoms with Crippen molar-refractivity contribution >= 4 is 43.7 Å². The summed E-state index contributed by atoms with van der Waals surface area (Å²) in [7, 11) is 0. The Morgan fingerprint density at radius 3 is 1.84 bits per heavy atom. The van der Waals surface area contributed by atoms with Gasteiger partial charge in [-0.25, -0.2) is 19.9 Å². The second kappa shape index (κ2) is 8.08. The van der Waals surface area contributed by atoms with Crippen LogP contribution in [0.3, 0.4) is 0 Å². The Bertz CT molecular complexity index is 2070. The van der Waals surface area contributed by atoms with Crippen molar-refractivity contribution in [3.05, 3.63) is 116 Å². The Morgan fingerprint density at radius 1 is 0.500 bits per heavy atom. The summed E-state index contributed by atoms with van der Waals surface area (Å²) >= 11 is 0. The normalized spacial score (nSPS) is 11.7. The van der Waals surface area contributed by atoms with E-state index in [0.29, 0.717) is 11.6 Å². The second-order valence-electron chi connectivity index (χ2n) is 9.20. The van der Waals surface area contributed by atoms with Crippen LogP contribution in [0.2, 0.25) is 0 Å². The van der Waals surface area contributed by atoms with E-state index in [1.807, 2.05) is 30.3 Å². The quantitative estimate of drug-likeness (QED) is 0.256. The van der Waals surface area contributed by atoms with Crippen molar-refractivity contribution in [3.63, 3.8) is 0 Å². The van der Waals surface area contributed by atoms with Crippen molar-refractivity contribution in [1.82, 2.24) is 24.5 Å². The third kappa shape index (κ3) is 3.07. The van der Waals surface area contributed by atoms with Gasteiger partial charge < -0.3 is 8.98 Å². The average Bonchev–Trinajstić information content (AvgIpc) is 3.53. The summed E-state index contributed by atoms with van der Waals surface area (Å²) in [6.07, 6.45) is 7.04. The molecular formula is C32H19N5O. The van der Waals surface area contributed by atoms with Gasteiger partial charge in [0.15, 0.2) is 11.6 Å². The first-order valence-corrected chi connectivity index (χ1v) is 12.4. The zero-order chi connectivity index (χ0) is 25.1. The fourth-order valence-corrected chi connectivity index (χ4v) is 5.45. The van der Waals surface area contributed by atoms with Gasteiger partial charge in [0.05, 0.1) is 11.0 Å². The lowest BCUT2D eigenvalue weighted by Gasteiger charge is -2.12. The van der Waals surface area contributed by atoms with Gasteiger partial charge in [0.25, 0.3) is 0 Å². The molecule has 0 aliphatic carbocycles. The molecule has 0 amide bonds. The van der Waals surface area contributed by atoms with Crippen molar-refractivity contribution in [2.24, 2.45) is 0 Å². The van der Waals surface area contributed by atoms with E-state index in [0.717, 1.165) is 49.8 Å². The van der Waals surface area contributed by atoms with Gasteiger partial charge >= 0.3 is 0 Å². The van der Waals surface area contributed by atoms with E-state index in [2.05, 4.69) is 85.2 Å². The van der Waals surface area contributed by atoms with Crippen molar-refractivity contribution < 1.29 is 4.42 Å². The highest BCUT2D eigenvalue weighted by Crippen LogP contribution is 2.41. The number of aromatic nitrogens is 5. The molecule has 8 aromatic rings. The minimum absolute atomic E-state index is 0.649. The fraction of sp³-hybridized carbons (Fsp3) is 0. The summed E-state index contributed by atoms with van der Waals surface area (Å²) in [5.74, 6) is 1.30. The maximum Gasteiger partial charge on any atom is 0.159 e. The molecule has 4 heterocycles. The molecule has 178 valence electrons. The summed E-state index contributed by atoms with van der Waals surface area (Å²) in [5, 5.41) is 4.57. The van der Waals surface area contributed by atoms with Crippen LogP contribution in [0.15, 0.2) is 120 Å². The number of fused-ring (bicyclic) bond motifs is 7. The second-order valence-corrected chi connectivity index (χ2v) is 9.20. The highest BCUT2D eigenvalue weighted by Gasteiger charge is 2.19. The number of rotatable bonds is 3. The molecule has 4 aromatic carbocycles. The van der Waals surface area contributed by atoms with Crippen LogP contribution in [-0.2, 0) is 0 Å². The van der Waals surface area contributed by atoms with Gasteiger partial charge in [-0.05, 0) is 54.6 Å². The zero-order valence-electron chi connectivity index (χ0n) is 20.1. The molecule has 0 aliphatic heterocycles. The molecule has 6 heteroatoms. The van der Waals surface area contributed by atoms with Gasteiger partial charge in [-0.2, -0.15) is 0 Å². The van der Waals surface area contributed by atoms with E-state index in [4.69, 9.17) is 4.42 Å². The third-order valence-electron chi connectivity index (χ3n) is 7.00. The Balaban J connectivity index is 1.51. The predicted molar refractivity (Wildman–Crippen MR) is 150 cm³/mol. The van der Waals surface area contributed by atoms with Gasteiger partial charge in [0.2, 0.25) is 0 Å². The molecule has 0 fully saturated rings. The van der Waals surface area contributed by atoms with Crippen LogP contribution in [0, 0.1) is 0 Å². The zero-order valence-corrected chi connectivity index (χ0v) is 20.1. The van der Waals surface area contributed by atoms with Gasteiger partial charge in [0, 0.05) is 63.1 Å². The lowest BCUT2D eigenvalue weighted by atomic mass is 10.1. The maximum absolute atomic E-state index is 6.24. The van der Waals surface area contributed by atoms with Gasteiger partial charge in [0.1, 0.15) is 11.2 Å². The topological polar surface area (TPSA) is 69.6 Å². The molecule has 6 nitrogen and oxygen atoms in total. The van der Waals surface area contributed by atoms with E-state index in [-0.39, 0.29) is 0 Å². The molecule has 8 rings (SSSR count). The van der Waals surface area contributed by atoms with Crippen LogP contribution < -0.4 is 0 Å². The van der Waals surface area contributed by atoms with Crippen LogP contribution in [-0.4, -0.2) is 24.5 Å². The van der Waals surface area contributed by atoms with Crippen molar-refractivity contribution in [1.29, 1.82) is 0 Å². The number of benzene rings is 4. The number of hydrogen-bond acceptors (Lipinski definition) is 5. The summed E-state index contributed by atoms with van der Waals surface area (Å²) in [4.78, 5) is 18.1. The first kappa shape index (κ1) is 20.8. The third-order valence-corrected chi connectivity index (χ3v) is 7.00. The maximum atomic E-state index is 6.24. The lowest BCUT2D eigenvalue weighted by Crippen LogP contribution is -1.98. The van der Waals surface area contributed by atoms with Crippen LogP contribution in [0.4, 0.5) is 0 Å². The Kier molecular flexibility index (Phi) is 4.42. The van der Waals surface area contributed by atoms with E-state index >= 15 is 0 Å². The predicted octanol–water partition coefficient (Wildman–Crippen LogP) is 7.60. The Labute approximate surface area is 216 Å². The monoisotopic (exact) mass is 489 g/mol. The molecule has 4 aromatic heterocycles. The Morgan fingerprint density at radius 2 is 1.13 bits per heavy atom. The van der Waals surface area contributed by atoms with Crippen molar-refractivity contribution in [3.8, 4) is 28.5 Å². The SMILES string of the molecule is c1cnc(-c2cc(-c3ncccn3)cc(-n3c4ccccc4c4c5c(ccc43)oc3ccccc35)c2)nc1. The standard InChI is InChI=1S/C32H19N5O/c1-3-9-25-23(7-1)29-26(11-12-28-30(29)24-8-2-4-10-27(24)38-28)37(25)22-18-20(31-33-13-5-14-34-31)17-21(19-22)32-35-15-6-16-36-32/h1-19H. The molecular weight excluding hydrogens is 470 g/mol. The van der Waals surface area contributed by atoms with E-state index < -0.39 is 0 Å². The highest BCUT2D eigenvalue weighted by molar-refractivity contribution is 6.27. The van der Waals surface area contributed by atoms with Crippen LogP contribution in [0.5, 0.6) is 0 Å². The Hall–Kier alpha value is -5.36. The average molecular weight is 490 g/mol. The number of hydrogen-bond donors (Lipinski definition) is 0. The summed E-state index contributed by atoms with van der Waals surface area (Å²) < 4.78 is 8.53. The van der Waals surface area contributed by atoms with Crippen LogP contribution in [0.1, 0.15) is 0 Å². The van der Waals surface area contributed by atoms with Crippen molar-refractivity contribution in [2.75, 3.05) is 0 Å². The summed E-state index contributed by atoms with van der Waals surface area (Å²) in [5.41, 5.74) is 6.74. The minimum atomic E-state index is 0.649. The first-order valence-electron chi connectivity index (χ1n) is 12.4. The number of furan rings is 1. The molecule has 38 heavy (non-hydrogen) atoms. The van der Waals surface area contributed by atoms with Crippen LogP contribution in [0.25, 0.3) is 72.2 Å². The molecule has 0 aliphatic rings. The number of para-hydroxylation sites is 2. The lowest BCUT2D eigenvalue weighted by molar-refractivity contribution is 0.669. The molecule has 0 bridgehead atoms. The molecule has 0 radical (unpaired) electrons. The highest BCUT2D eigenvalue weighted by atomic mass is 16.3. The summed E-state index contributed by atoms with van der Waals surface area (Å²) in [6, 6.07) is 30.9. The molecule has 0 saturated carbocycles. The largest absolute Gasteiger partial charge is 0.456 e. The minimum Gasteiger partial charge on any atom is -0.456 e. The molecule has 0 unspecified atom stereocenters.